The van der Waals surface area contributed by atoms with Crippen LogP contribution in [0.15, 0.2) is 76.6 Å². The Hall–Kier alpha value is -2.56. The molecule has 2 aromatic carbocycles. The zero-order valence-electron chi connectivity index (χ0n) is 20.2. The van der Waals surface area contributed by atoms with Gasteiger partial charge in [0.15, 0.2) is 6.17 Å². The second-order valence-electron chi connectivity index (χ2n) is 10.2. The van der Waals surface area contributed by atoms with Gasteiger partial charge in [0, 0.05) is 30.1 Å². The second-order valence-corrected chi connectivity index (χ2v) is 11.9. The predicted molar refractivity (Wildman–Crippen MR) is 142 cm³/mol. The van der Waals surface area contributed by atoms with Crippen LogP contribution >= 0.6 is 15.9 Å². The number of halogens is 1. The molecule has 1 aliphatic carbocycles. The van der Waals surface area contributed by atoms with E-state index < -0.39 is 9.24 Å². The van der Waals surface area contributed by atoms with Crippen molar-refractivity contribution >= 4 is 39.2 Å². The third-order valence-electron chi connectivity index (χ3n) is 7.35. The number of aliphatic imine (C=N–C) groups is 1. The molecule has 4 atom stereocenters. The van der Waals surface area contributed by atoms with Crippen LogP contribution in [-0.4, -0.2) is 44.4 Å². The number of hydrogen-bond acceptors (Lipinski definition) is 7. The molecule has 0 spiro atoms. The number of hydrazone groups is 1. The number of benzene rings is 2. The smallest absolute Gasteiger partial charge is 0.221 e. The van der Waals surface area contributed by atoms with Gasteiger partial charge >= 0.3 is 0 Å². The van der Waals surface area contributed by atoms with Gasteiger partial charge in [-0.25, -0.2) is 5.01 Å². The van der Waals surface area contributed by atoms with Gasteiger partial charge in [0.05, 0.1) is 17.2 Å². The first-order valence-corrected chi connectivity index (χ1v) is 12.7. The minimum absolute atomic E-state index is 0.232. The SMILES string of the molecule is CC1CC1(C)CCN[N+](O)(O)c1ccc(NC2=CC(c3ccccc3)=NC3N2N=CC3(C)Br)cc1. The van der Waals surface area contributed by atoms with Crippen LogP contribution in [0.3, 0.4) is 0 Å². The number of nitrogens with one attached hydrogen (secondary N) is 2. The van der Waals surface area contributed by atoms with E-state index in [1.807, 2.05) is 66.7 Å². The Kier molecular flexibility index (Phi) is 6.09. The molecule has 9 heteroatoms. The van der Waals surface area contributed by atoms with E-state index in [0.29, 0.717) is 23.6 Å². The minimum atomic E-state index is -1.35. The number of anilines is 1. The van der Waals surface area contributed by atoms with Crippen molar-refractivity contribution in [2.75, 3.05) is 11.9 Å². The van der Waals surface area contributed by atoms with Gasteiger partial charge < -0.3 is 5.32 Å². The predicted octanol–water partition coefficient (Wildman–Crippen LogP) is 5.25. The summed E-state index contributed by atoms with van der Waals surface area (Å²) in [6.45, 7) is 7.03. The van der Waals surface area contributed by atoms with Crippen molar-refractivity contribution in [3.63, 3.8) is 0 Å². The molecule has 0 aromatic heterocycles. The third-order valence-corrected chi connectivity index (χ3v) is 7.97. The molecule has 5 rings (SSSR count). The Morgan fingerprint density at radius 3 is 2.46 bits per heavy atom. The van der Waals surface area contributed by atoms with Gasteiger partial charge in [-0.1, -0.05) is 65.5 Å². The topological polar surface area (TPSA) is 92.5 Å². The van der Waals surface area contributed by atoms with Crippen molar-refractivity contribution in [2.45, 2.75) is 44.1 Å². The van der Waals surface area contributed by atoms with Crippen LogP contribution in [0.5, 0.6) is 0 Å². The quantitative estimate of drug-likeness (QED) is 0.209. The number of rotatable bonds is 8. The summed E-state index contributed by atoms with van der Waals surface area (Å²) in [5.41, 5.74) is 6.15. The van der Waals surface area contributed by atoms with E-state index in [4.69, 9.17) is 4.99 Å². The molecule has 2 aromatic rings. The molecule has 0 saturated heterocycles. The average molecular weight is 540 g/mol. The van der Waals surface area contributed by atoms with E-state index in [2.05, 4.69) is 45.6 Å². The lowest BCUT2D eigenvalue weighted by molar-refractivity contribution is -0.325. The monoisotopic (exact) mass is 539 g/mol. The molecule has 2 aliphatic heterocycles. The molecule has 0 radical (unpaired) electrons. The molecular formula is C26H32BrN6O2+. The fraction of sp³-hybridized carbons (Fsp3) is 0.385. The fourth-order valence-corrected chi connectivity index (χ4v) is 5.01. The van der Waals surface area contributed by atoms with E-state index in [0.717, 1.165) is 29.2 Å². The van der Waals surface area contributed by atoms with E-state index in [1.165, 1.54) is 6.42 Å². The standard InChI is InChI=1S/C26H32BrN6O2/c1-18-16-25(18,2)13-14-29-33(34,35)21-11-9-20(10-12-21)30-23-15-22(19-7-5-4-6-8-19)31-24-26(3,27)17-28-32(23)24/h4-12,15,17-18,24,29-30,34-35H,13-14,16H2,1-3H3/q+1. The van der Waals surface area contributed by atoms with E-state index in [1.54, 1.807) is 12.1 Å². The van der Waals surface area contributed by atoms with Crippen molar-refractivity contribution in [3.05, 3.63) is 72.1 Å². The summed E-state index contributed by atoms with van der Waals surface area (Å²) < 4.78 is -0.399. The normalized spacial score (nSPS) is 29.5. The zero-order chi connectivity index (χ0) is 24.8. The van der Waals surface area contributed by atoms with E-state index >= 15 is 0 Å². The van der Waals surface area contributed by atoms with Gasteiger partial charge in [0.25, 0.3) is 0 Å². The summed E-state index contributed by atoms with van der Waals surface area (Å²) in [6.07, 6.45) is 5.69. The molecule has 1 saturated carbocycles. The molecule has 0 amide bonds. The van der Waals surface area contributed by atoms with Crippen LogP contribution in [0.2, 0.25) is 0 Å². The van der Waals surface area contributed by atoms with Gasteiger partial charge in [-0.15, -0.1) is 0 Å². The summed E-state index contributed by atoms with van der Waals surface area (Å²) >= 11 is 3.75. The van der Waals surface area contributed by atoms with E-state index in [-0.39, 0.29) is 6.17 Å². The Labute approximate surface area is 214 Å². The summed E-state index contributed by atoms with van der Waals surface area (Å²) in [5.74, 6) is 1.48. The molecule has 4 unspecified atom stereocenters. The first-order valence-electron chi connectivity index (χ1n) is 11.9. The molecule has 8 nitrogen and oxygen atoms in total. The molecule has 3 aliphatic rings. The molecule has 35 heavy (non-hydrogen) atoms. The van der Waals surface area contributed by atoms with Crippen LogP contribution in [-0.2, 0) is 0 Å². The first kappa shape index (κ1) is 24.1. The van der Waals surface area contributed by atoms with Crippen molar-refractivity contribution in [1.29, 1.82) is 0 Å². The van der Waals surface area contributed by atoms with Gasteiger partial charge in [-0.05, 0) is 48.8 Å². The van der Waals surface area contributed by atoms with Crippen molar-refractivity contribution < 1.29 is 10.4 Å². The number of nitrogens with zero attached hydrogens (tertiary/aromatic N) is 4. The Balaban J connectivity index is 1.31. The third kappa shape index (κ3) is 4.92. The van der Waals surface area contributed by atoms with Crippen LogP contribution < -0.4 is 15.7 Å². The van der Waals surface area contributed by atoms with Crippen LogP contribution in [0.1, 0.15) is 39.2 Å². The highest BCUT2D eigenvalue weighted by Crippen LogP contribution is 2.54. The molecule has 4 N–H and O–H groups in total. The summed E-state index contributed by atoms with van der Waals surface area (Å²) in [4.78, 5) is 3.59. The number of allylic oxidation sites excluding steroid dienone is 1. The zero-order valence-corrected chi connectivity index (χ0v) is 21.8. The first-order chi connectivity index (χ1) is 16.6. The Morgan fingerprint density at radius 2 is 1.80 bits per heavy atom. The highest BCUT2D eigenvalue weighted by Gasteiger charge is 2.46. The summed E-state index contributed by atoms with van der Waals surface area (Å²) in [7, 11) is 0. The van der Waals surface area contributed by atoms with Crippen LogP contribution in [0.25, 0.3) is 0 Å². The lowest BCUT2D eigenvalue weighted by Crippen LogP contribution is -2.54. The lowest BCUT2D eigenvalue weighted by atomic mass is 10.0. The number of fused-ring (bicyclic) bond motifs is 1. The molecule has 184 valence electrons. The second kappa shape index (κ2) is 8.83. The van der Waals surface area contributed by atoms with Crippen molar-refractivity contribution in [3.8, 4) is 0 Å². The van der Waals surface area contributed by atoms with Gasteiger partial charge in [-0.3, -0.25) is 4.99 Å². The highest BCUT2D eigenvalue weighted by atomic mass is 79.9. The Bertz CT molecular complexity index is 1180. The highest BCUT2D eigenvalue weighted by molar-refractivity contribution is 9.10. The van der Waals surface area contributed by atoms with Crippen LogP contribution in [0.4, 0.5) is 11.4 Å². The maximum absolute atomic E-state index is 10.5. The van der Waals surface area contributed by atoms with Gasteiger partial charge in [-0.2, -0.15) is 15.5 Å². The van der Waals surface area contributed by atoms with Crippen LogP contribution in [0, 0.1) is 11.3 Å². The van der Waals surface area contributed by atoms with Crippen molar-refractivity contribution in [1.82, 2.24) is 15.4 Å². The fourth-order valence-electron chi connectivity index (χ4n) is 4.62. The van der Waals surface area contributed by atoms with Crippen molar-refractivity contribution in [2.24, 2.45) is 21.4 Å². The largest absolute Gasteiger partial charge is 0.340 e. The molecule has 2 heterocycles. The lowest BCUT2D eigenvalue weighted by Gasteiger charge is -2.33. The molecular weight excluding hydrogens is 508 g/mol. The number of alkyl halides is 1. The van der Waals surface area contributed by atoms with E-state index in [9.17, 15) is 10.4 Å². The number of hydrogen-bond donors (Lipinski definition) is 4. The summed E-state index contributed by atoms with van der Waals surface area (Å²) in [5, 5.41) is 30.9. The maximum atomic E-state index is 10.5. The summed E-state index contributed by atoms with van der Waals surface area (Å²) in [6, 6.07) is 17.1. The Morgan fingerprint density at radius 1 is 1.11 bits per heavy atom. The number of quaternary nitrogens is 1. The molecule has 0 bridgehead atoms. The molecule has 1 fully saturated rings. The van der Waals surface area contributed by atoms with Gasteiger partial charge in [0.2, 0.25) is 5.69 Å². The maximum Gasteiger partial charge on any atom is 0.221 e. The minimum Gasteiger partial charge on any atom is -0.340 e. The average Bonchev–Trinajstić information content (AvgIpc) is 3.30. The van der Waals surface area contributed by atoms with Gasteiger partial charge in [0.1, 0.15) is 10.1 Å².